The topological polar surface area (TPSA) is 82.5 Å². The number of likely N-dealkylation sites (tertiary alicyclic amines) is 1. The Kier molecular flexibility index (Phi) is 5.76. The van der Waals surface area contributed by atoms with Crippen molar-refractivity contribution in [3.63, 3.8) is 0 Å². The number of hydrogen-bond acceptors (Lipinski definition) is 4. The molecule has 2 unspecified atom stereocenters. The highest BCUT2D eigenvalue weighted by Gasteiger charge is 2.31. The van der Waals surface area contributed by atoms with E-state index in [1.165, 1.54) is 4.88 Å². The lowest BCUT2D eigenvalue weighted by Gasteiger charge is -2.34. The zero-order chi connectivity index (χ0) is 16.1. The van der Waals surface area contributed by atoms with Crippen molar-refractivity contribution >= 4 is 23.3 Å². The third-order valence-electron chi connectivity index (χ3n) is 3.86. The second kappa shape index (κ2) is 7.58. The summed E-state index contributed by atoms with van der Waals surface area (Å²) in [6.07, 6.45) is 4.21. The molecule has 1 fully saturated rings. The summed E-state index contributed by atoms with van der Waals surface area (Å²) in [4.78, 5) is 30.5. The molecule has 1 aromatic rings. The Morgan fingerprint density at radius 3 is 2.91 bits per heavy atom. The van der Waals surface area contributed by atoms with Crippen LogP contribution in [0, 0.1) is 11.8 Å². The minimum absolute atomic E-state index is 0.176. The van der Waals surface area contributed by atoms with E-state index >= 15 is 0 Å². The Balaban J connectivity index is 1.79. The maximum Gasteiger partial charge on any atom is 0.317 e. The molecule has 22 heavy (non-hydrogen) atoms. The number of piperidine rings is 1. The zero-order valence-electron chi connectivity index (χ0n) is 13.0. The molecule has 1 aliphatic heterocycles. The monoisotopic (exact) mass is 325 g/mol. The number of aliphatic carboxylic acids is 1. The molecule has 1 saturated heterocycles. The SMILES string of the molecule is CCc1cnc(CCNC(=O)N2CC(C)CC(C(=O)O)C2)s1. The van der Waals surface area contributed by atoms with Crippen LogP contribution in [0.25, 0.3) is 0 Å². The number of urea groups is 1. The number of nitrogens with zero attached hydrogens (tertiary/aromatic N) is 2. The number of rotatable bonds is 5. The Hall–Kier alpha value is -1.63. The number of carboxylic acids is 1. The van der Waals surface area contributed by atoms with Crippen molar-refractivity contribution in [3.8, 4) is 0 Å². The molecule has 0 bridgehead atoms. The van der Waals surface area contributed by atoms with Gasteiger partial charge < -0.3 is 15.3 Å². The average Bonchev–Trinajstić information content (AvgIpc) is 2.94. The van der Waals surface area contributed by atoms with E-state index in [2.05, 4.69) is 17.2 Å². The second-order valence-corrected chi connectivity index (χ2v) is 7.04. The number of carboxylic acid groups (broad SMARTS) is 1. The number of carbonyl (C=O) groups is 2. The Morgan fingerprint density at radius 2 is 2.27 bits per heavy atom. The van der Waals surface area contributed by atoms with Gasteiger partial charge in [0.05, 0.1) is 10.9 Å². The Morgan fingerprint density at radius 1 is 1.50 bits per heavy atom. The third kappa shape index (κ3) is 4.43. The molecule has 0 radical (unpaired) electrons. The molecule has 0 aliphatic carbocycles. The lowest BCUT2D eigenvalue weighted by Crippen LogP contribution is -2.49. The van der Waals surface area contributed by atoms with E-state index in [1.807, 2.05) is 13.1 Å². The van der Waals surface area contributed by atoms with Gasteiger partial charge >= 0.3 is 12.0 Å². The third-order valence-corrected chi connectivity index (χ3v) is 5.06. The first-order valence-corrected chi connectivity index (χ1v) is 8.50. The van der Waals surface area contributed by atoms with Crippen molar-refractivity contribution in [2.24, 2.45) is 11.8 Å². The number of aromatic nitrogens is 1. The van der Waals surface area contributed by atoms with Gasteiger partial charge in [0.15, 0.2) is 0 Å². The number of carbonyl (C=O) groups excluding carboxylic acids is 1. The predicted molar refractivity (Wildman–Crippen MR) is 85.1 cm³/mol. The van der Waals surface area contributed by atoms with Crippen molar-refractivity contribution in [1.82, 2.24) is 15.2 Å². The molecule has 2 rings (SSSR count). The van der Waals surface area contributed by atoms with Gasteiger partial charge in [-0.2, -0.15) is 0 Å². The van der Waals surface area contributed by atoms with Crippen molar-refractivity contribution < 1.29 is 14.7 Å². The molecule has 7 heteroatoms. The van der Waals surface area contributed by atoms with Crippen molar-refractivity contribution in [3.05, 3.63) is 16.1 Å². The van der Waals surface area contributed by atoms with Crippen LogP contribution in [0.5, 0.6) is 0 Å². The maximum absolute atomic E-state index is 12.2. The maximum atomic E-state index is 12.2. The summed E-state index contributed by atoms with van der Waals surface area (Å²) in [6, 6.07) is -0.176. The minimum Gasteiger partial charge on any atom is -0.481 e. The molecule has 0 spiro atoms. The first-order chi connectivity index (χ1) is 10.5. The van der Waals surface area contributed by atoms with Gasteiger partial charge in [-0.1, -0.05) is 13.8 Å². The van der Waals surface area contributed by atoms with E-state index < -0.39 is 11.9 Å². The molecule has 2 atom stereocenters. The van der Waals surface area contributed by atoms with Gasteiger partial charge in [-0.25, -0.2) is 9.78 Å². The zero-order valence-corrected chi connectivity index (χ0v) is 13.9. The van der Waals surface area contributed by atoms with Crippen molar-refractivity contribution in [2.75, 3.05) is 19.6 Å². The van der Waals surface area contributed by atoms with Crippen molar-refractivity contribution in [1.29, 1.82) is 0 Å². The van der Waals surface area contributed by atoms with Crippen molar-refractivity contribution in [2.45, 2.75) is 33.1 Å². The van der Waals surface area contributed by atoms with Gasteiger partial charge in [-0.05, 0) is 18.8 Å². The molecule has 6 nitrogen and oxygen atoms in total. The quantitative estimate of drug-likeness (QED) is 0.867. The van der Waals surface area contributed by atoms with Crippen LogP contribution in [-0.4, -0.2) is 46.6 Å². The van der Waals surface area contributed by atoms with Gasteiger partial charge in [0.1, 0.15) is 0 Å². The summed E-state index contributed by atoms with van der Waals surface area (Å²) in [6.45, 7) is 5.51. The minimum atomic E-state index is -0.820. The summed E-state index contributed by atoms with van der Waals surface area (Å²) < 4.78 is 0. The van der Waals surface area contributed by atoms with Crippen LogP contribution in [0.1, 0.15) is 30.2 Å². The van der Waals surface area contributed by atoms with E-state index in [1.54, 1.807) is 16.2 Å². The molecular formula is C15H23N3O3S. The first kappa shape index (κ1) is 16.7. The fraction of sp³-hybridized carbons (Fsp3) is 0.667. The highest BCUT2D eigenvalue weighted by atomic mass is 32.1. The smallest absolute Gasteiger partial charge is 0.317 e. The Bertz CT molecular complexity index is 532. The molecule has 1 aromatic heterocycles. The summed E-state index contributed by atoms with van der Waals surface area (Å²) in [5.41, 5.74) is 0. The number of nitrogens with one attached hydrogen (secondary N) is 1. The molecule has 122 valence electrons. The molecular weight excluding hydrogens is 302 g/mol. The number of thiazole rings is 1. The predicted octanol–water partition coefficient (Wildman–Crippen LogP) is 2.00. The van der Waals surface area contributed by atoms with Gasteiger partial charge in [0, 0.05) is 37.1 Å². The van der Waals surface area contributed by atoms with E-state index in [0.717, 1.165) is 11.4 Å². The second-order valence-electron chi connectivity index (χ2n) is 5.84. The molecule has 2 heterocycles. The van der Waals surface area contributed by atoms with Crippen LogP contribution >= 0.6 is 11.3 Å². The highest BCUT2D eigenvalue weighted by Crippen LogP contribution is 2.21. The molecule has 2 N–H and O–H groups in total. The summed E-state index contributed by atoms with van der Waals surface area (Å²) >= 11 is 1.67. The van der Waals surface area contributed by atoms with Crippen LogP contribution in [-0.2, 0) is 17.6 Å². The summed E-state index contributed by atoms with van der Waals surface area (Å²) in [7, 11) is 0. The van der Waals surface area contributed by atoms with E-state index in [0.29, 0.717) is 32.5 Å². The summed E-state index contributed by atoms with van der Waals surface area (Å²) in [5, 5.41) is 13.0. The van der Waals surface area contributed by atoms with E-state index in [4.69, 9.17) is 5.11 Å². The molecule has 0 saturated carbocycles. The van der Waals surface area contributed by atoms with Crippen LogP contribution in [0.3, 0.4) is 0 Å². The fourth-order valence-electron chi connectivity index (χ4n) is 2.71. The number of amides is 2. The Labute approximate surface area is 134 Å². The van der Waals surface area contributed by atoms with Gasteiger partial charge in [-0.3, -0.25) is 4.79 Å². The van der Waals surface area contributed by atoms with Crippen LogP contribution in [0.2, 0.25) is 0 Å². The first-order valence-electron chi connectivity index (χ1n) is 7.68. The largest absolute Gasteiger partial charge is 0.481 e. The lowest BCUT2D eigenvalue weighted by atomic mass is 9.91. The van der Waals surface area contributed by atoms with E-state index in [9.17, 15) is 9.59 Å². The molecule has 1 aliphatic rings. The molecule has 0 aromatic carbocycles. The number of hydrogen-bond donors (Lipinski definition) is 2. The average molecular weight is 325 g/mol. The van der Waals surface area contributed by atoms with Crippen LogP contribution in [0.15, 0.2) is 6.20 Å². The van der Waals surface area contributed by atoms with Gasteiger partial charge in [0.2, 0.25) is 0 Å². The van der Waals surface area contributed by atoms with E-state index in [-0.39, 0.29) is 11.9 Å². The number of aryl methyl sites for hydroxylation is 1. The normalized spacial score (nSPS) is 21.6. The molecule has 2 amide bonds. The van der Waals surface area contributed by atoms with Crippen LogP contribution < -0.4 is 5.32 Å². The highest BCUT2D eigenvalue weighted by molar-refractivity contribution is 7.11. The summed E-state index contributed by atoms with van der Waals surface area (Å²) in [5.74, 6) is -1.06. The standard InChI is InChI=1S/C15H23N3O3S/c1-3-12-7-17-13(22-12)4-5-16-15(21)18-8-10(2)6-11(9-18)14(19)20/h7,10-11H,3-6,8-9H2,1-2H3,(H,16,21)(H,19,20). The van der Waals surface area contributed by atoms with Gasteiger partial charge in [0.25, 0.3) is 0 Å². The van der Waals surface area contributed by atoms with Gasteiger partial charge in [-0.15, -0.1) is 11.3 Å². The van der Waals surface area contributed by atoms with Crippen LogP contribution in [0.4, 0.5) is 4.79 Å². The lowest BCUT2D eigenvalue weighted by molar-refractivity contribution is -0.143. The fourth-order valence-corrected chi connectivity index (χ4v) is 3.57.